The van der Waals surface area contributed by atoms with Crippen molar-refractivity contribution in [2.75, 3.05) is 14.1 Å². The summed E-state index contributed by atoms with van der Waals surface area (Å²) in [6.07, 6.45) is -2.70. The van der Waals surface area contributed by atoms with E-state index >= 15 is 0 Å². The van der Waals surface area contributed by atoms with Gasteiger partial charge < -0.3 is 14.8 Å². The number of hydrogen-bond donors (Lipinski definition) is 1. The molecular weight excluding hydrogens is 463 g/mol. The summed E-state index contributed by atoms with van der Waals surface area (Å²) in [4.78, 5) is 5.89. The molecule has 1 heterocycles. The van der Waals surface area contributed by atoms with Crippen molar-refractivity contribution in [2.24, 2.45) is 12.0 Å². The molecule has 0 aliphatic heterocycles. The van der Waals surface area contributed by atoms with Crippen molar-refractivity contribution in [1.29, 1.82) is 0 Å². The highest BCUT2D eigenvalue weighted by atomic mass is 127. The summed E-state index contributed by atoms with van der Waals surface area (Å²) in [5.74, 6) is -0.472. The Morgan fingerprint density at radius 3 is 2.50 bits per heavy atom. The molecule has 1 N–H and O–H groups in total. The van der Waals surface area contributed by atoms with E-state index in [1.165, 1.54) is 0 Å². The van der Waals surface area contributed by atoms with Gasteiger partial charge in [0, 0.05) is 39.6 Å². The number of benzene rings is 1. The first-order valence-electron chi connectivity index (χ1n) is 7.60. The third kappa shape index (κ3) is 5.61. The Hall–Kier alpha value is -1.78. The van der Waals surface area contributed by atoms with Gasteiger partial charge in [-0.2, -0.15) is 13.2 Å². The van der Waals surface area contributed by atoms with Crippen LogP contribution in [-0.4, -0.2) is 29.5 Å². The summed E-state index contributed by atoms with van der Waals surface area (Å²) < 4.78 is 54.3. The van der Waals surface area contributed by atoms with Crippen molar-refractivity contribution >= 4 is 29.9 Å². The van der Waals surface area contributed by atoms with Crippen molar-refractivity contribution in [3.63, 3.8) is 0 Å². The van der Waals surface area contributed by atoms with E-state index in [1.54, 1.807) is 19.0 Å². The Balaban J connectivity index is 0.00000338. The molecule has 0 atom stereocenters. The molecule has 9 heteroatoms. The molecule has 2 rings (SSSR count). The minimum atomic E-state index is -4.61. The van der Waals surface area contributed by atoms with Crippen LogP contribution in [0.5, 0.6) is 0 Å². The molecule has 0 fully saturated rings. The van der Waals surface area contributed by atoms with Gasteiger partial charge in [-0.3, -0.25) is 4.99 Å². The standard InChI is InChI=1S/C17H20F4N4.HI/c1-22-16(25(3)11-14-5-4-8-24(14)2)23-10-12-6-7-13(18)9-15(12)17(19,20)21;/h4-9H,10-11H2,1-3H3,(H,22,23);1H. The summed E-state index contributed by atoms with van der Waals surface area (Å²) in [5.41, 5.74) is 0.00562. The molecular formula is C17H21F4IN4. The van der Waals surface area contributed by atoms with E-state index in [0.717, 1.165) is 17.8 Å². The van der Waals surface area contributed by atoms with Gasteiger partial charge in [0.05, 0.1) is 12.1 Å². The summed E-state index contributed by atoms with van der Waals surface area (Å²) >= 11 is 0. The number of aliphatic imine (C=N–C) groups is 1. The first kappa shape index (κ1) is 22.3. The fourth-order valence-electron chi connectivity index (χ4n) is 2.50. The van der Waals surface area contributed by atoms with Crippen LogP contribution in [0.1, 0.15) is 16.8 Å². The molecule has 4 nitrogen and oxygen atoms in total. The van der Waals surface area contributed by atoms with Crippen LogP contribution in [0.3, 0.4) is 0 Å². The lowest BCUT2D eigenvalue weighted by molar-refractivity contribution is -0.138. The van der Waals surface area contributed by atoms with Crippen LogP contribution in [0.2, 0.25) is 0 Å². The summed E-state index contributed by atoms with van der Waals surface area (Å²) in [6, 6.07) is 6.52. The van der Waals surface area contributed by atoms with Gasteiger partial charge in [0.1, 0.15) is 5.82 Å². The second kappa shape index (κ2) is 9.24. The number of nitrogens with zero attached hydrogens (tertiary/aromatic N) is 3. The average molecular weight is 484 g/mol. The maximum absolute atomic E-state index is 13.2. The zero-order chi connectivity index (χ0) is 18.6. The van der Waals surface area contributed by atoms with Crippen molar-refractivity contribution in [3.8, 4) is 0 Å². The van der Waals surface area contributed by atoms with E-state index in [-0.39, 0.29) is 36.1 Å². The molecule has 0 saturated heterocycles. The van der Waals surface area contributed by atoms with E-state index in [0.29, 0.717) is 18.6 Å². The van der Waals surface area contributed by atoms with Crippen LogP contribution in [-0.2, 0) is 26.3 Å². The van der Waals surface area contributed by atoms with Crippen LogP contribution < -0.4 is 5.32 Å². The number of aryl methyl sites for hydroxylation is 1. The van der Waals surface area contributed by atoms with Crippen molar-refractivity contribution in [2.45, 2.75) is 19.3 Å². The lowest BCUT2D eigenvalue weighted by Gasteiger charge is -2.23. The molecule has 26 heavy (non-hydrogen) atoms. The summed E-state index contributed by atoms with van der Waals surface area (Å²) in [7, 11) is 5.25. The van der Waals surface area contributed by atoms with Gasteiger partial charge in [-0.05, 0) is 29.8 Å². The van der Waals surface area contributed by atoms with Gasteiger partial charge in [0.25, 0.3) is 0 Å². The van der Waals surface area contributed by atoms with Gasteiger partial charge in [-0.1, -0.05) is 6.07 Å². The monoisotopic (exact) mass is 484 g/mol. The Bertz CT molecular complexity index is 755. The summed E-state index contributed by atoms with van der Waals surface area (Å²) in [5, 5.41) is 2.89. The van der Waals surface area contributed by atoms with Crippen LogP contribution >= 0.6 is 24.0 Å². The topological polar surface area (TPSA) is 32.6 Å². The van der Waals surface area contributed by atoms with Crippen LogP contribution in [0.15, 0.2) is 41.5 Å². The fourth-order valence-corrected chi connectivity index (χ4v) is 2.50. The van der Waals surface area contributed by atoms with Crippen LogP contribution in [0.4, 0.5) is 17.6 Å². The fraction of sp³-hybridized carbons (Fsp3) is 0.353. The minimum absolute atomic E-state index is 0. The van der Waals surface area contributed by atoms with Crippen molar-refractivity contribution in [3.05, 3.63) is 59.2 Å². The average Bonchev–Trinajstić information content (AvgIpc) is 2.93. The van der Waals surface area contributed by atoms with E-state index in [9.17, 15) is 17.6 Å². The van der Waals surface area contributed by atoms with E-state index in [2.05, 4.69) is 10.3 Å². The number of halogens is 5. The lowest BCUT2D eigenvalue weighted by atomic mass is 10.1. The smallest absolute Gasteiger partial charge is 0.353 e. The summed E-state index contributed by atoms with van der Waals surface area (Å²) in [6.45, 7) is 0.429. The Labute approximate surface area is 166 Å². The van der Waals surface area contributed by atoms with Gasteiger partial charge in [-0.15, -0.1) is 24.0 Å². The van der Waals surface area contributed by atoms with Gasteiger partial charge in [0.2, 0.25) is 0 Å². The third-order valence-corrected chi connectivity index (χ3v) is 3.84. The molecule has 144 valence electrons. The van der Waals surface area contributed by atoms with Gasteiger partial charge in [-0.25, -0.2) is 4.39 Å². The molecule has 1 aromatic carbocycles. The molecule has 0 aliphatic carbocycles. The van der Waals surface area contributed by atoms with Crippen LogP contribution in [0, 0.1) is 5.82 Å². The molecule has 0 bridgehead atoms. The molecule has 0 radical (unpaired) electrons. The number of rotatable bonds is 4. The van der Waals surface area contributed by atoms with Gasteiger partial charge in [0.15, 0.2) is 5.96 Å². The highest BCUT2D eigenvalue weighted by Crippen LogP contribution is 2.32. The predicted octanol–water partition coefficient (Wildman–Crippen LogP) is 4.01. The number of hydrogen-bond acceptors (Lipinski definition) is 1. The largest absolute Gasteiger partial charge is 0.416 e. The molecule has 0 spiro atoms. The number of guanidine groups is 1. The van der Waals surface area contributed by atoms with Crippen molar-refractivity contribution in [1.82, 2.24) is 14.8 Å². The third-order valence-electron chi connectivity index (χ3n) is 3.84. The maximum Gasteiger partial charge on any atom is 0.416 e. The maximum atomic E-state index is 13.2. The zero-order valence-electron chi connectivity index (χ0n) is 14.6. The number of nitrogens with one attached hydrogen (secondary N) is 1. The van der Waals surface area contributed by atoms with Crippen LogP contribution in [0.25, 0.3) is 0 Å². The molecule has 0 amide bonds. The first-order chi connectivity index (χ1) is 11.7. The van der Waals surface area contributed by atoms with E-state index in [4.69, 9.17) is 0 Å². The van der Waals surface area contributed by atoms with Crippen molar-refractivity contribution < 1.29 is 17.6 Å². The highest BCUT2D eigenvalue weighted by Gasteiger charge is 2.33. The Morgan fingerprint density at radius 1 is 1.27 bits per heavy atom. The molecule has 0 saturated carbocycles. The molecule has 0 aliphatic rings. The highest BCUT2D eigenvalue weighted by molar-refractivity contribution is 14.0. The lowest BCUT2D eigenvalue weighted by Crippen LogP contribution is -2.38. The SMILES string of the molecule is CN=C(NCc1ccc(F)cc1C(F)(F)F)N(C)Cc1cccn1C.I. The number of aromatic nitrogens is 1. The second-order valence-electron chi connectivity index (χ2n) is 5.67. The molecule has 0 unspecified atom stereocenters. The molecule has 2 aromatic rings. The van der Waals surface area contributed by atoms with E-state index < -0.39 is 17.6 Å². The van der Waals surface area contributed by atoms with Gasteiger partial charge >= 0.3 is 6.18 Å². The Kier molecular flexibility index (Phi) is 7.91. The first-order valence-corrected chi connectivity index (χ1v) is 7.60. The minimum Gasteiger partial charge on any atom is -0.353 e. The Morgan fingerprint density at radius 2 is 1.96 bits per heavy atom. The number of alkyl halides is 3. The second-order valence-corrected chi connectivity index (χ2v) is 5.67. The van der Waals surface area contributed by atoms with E-state index in [1.807, 2.05) is 29.9 Å². The quantitative estimate of drug-likeness (QED) is 0.308. The zero-order valence-corrected chi connectivity index (χ0v) is 17.0. The normalized spacial score (nSPS) is 11.9. The predicted molar refractivity (Wildman–Crippen MR) is 104 cm³/mol. The molecule has 1 aromatic heterocycles.